The molecule has 2 N–H and O–H groups in total. The number of aromatic nitrogens is 4. The topological polar surface area (TPSA) is 96.7 Å². The summed E-state index contributed by atoms with van der Waals surface area (Å²) in [5.41, 5.74) is 1.37. The molecule has 0 radical (unpaired) electrons. The van der Waals surface area contributed by atoms with E-state index >= 15 is 0 Å². The number of anilines is 2. The number of likely N-dealkylation sites (N-methyl/N-ethyl adjacent to an activating group) is 1. The number of nitrogens with one attached hydrogen (secondary N) is 2. The Morgan fingerprint density at radius 2 is 2.14 bits per heavy atom. The maximum atomic E-state index is 14.3. The lowest BCUT2D eigenvalue weighted by Crippen LogP contribution is -2.57. The van der Waals surface area contributed by atoms with E-state index in [4.69, 9.17) is 4.74 Å². The number of halogens is 1. The van der Waals surface area contributed by atoms with Gasteiger partial charge in [0.1, 0.15) is 5.56 Å². The van der Waals surface area contributed by atoms with E-state index in [1.54, 1.807) is 19.3 Å². The highest BCUT2D eigenvalue weighted by molar-refractivity contribution is 6.05. The van der Waals surface area contributed by atoms with Gasteiger partial charge in [-0.25, -0.2) is 14.4 Å². The van der Waals surface area contributed by atoms with Gasteiger partial charge in [0.15, 0.2) is 11.5 Å². The van der Waals surface area contributed by atoms with Gasteiger partial charge < -0.3 is 24.7 Å². The van der Waals surface area contributed by atoms with Gasteiger partial charge in [0.2, 0.25) is 11.8 Å². The van der Waals surface area contributed by atoms with E-state index in [1.807, 2.05) is 18.9 Å². The van der Waals surface area contributed by atoms with Crippen LogP contribution in [0.4, 0.5) is 16.0 Å². The smallest absolute Gasteiger partial charge is 0.262 e. The van der Waals surface area contributed by atoms with Gasteiger partial charge in [0, 0.05) is 43.8 Å². The zero-order valence-corrected chi connectivity index (χ0v) is 16.4. The molecular weight excluding hydrogens is 377 g/mol. The summed E-state index contributed by atoms with van der Waals surface area (Å²) >= 11 is 0. The van der Waals surface area contributed by atoms with Crippen molar-refractivity contribution in [3.05, 3.63) is 41.7 Å². The van der Waals surface area contributed by atoms with E-state index in [1.165, 1.54) is 16.7 Å². The number of nitrogens with zero attached hydrogens (tertiary/aromatic N) is 5. The van der Waals surface area contributed by atoms with E-state index in [-0.39, 0.29) is 17.1 Å². The Balaban J connectivity index is 1.57. The maximum absolute atomic E-state index is 14.3. The molecule has 0 aromatic carbocycles. The number of fused-ring (bicyclic) bond motifs is 1. The summed E-state index contributed by atoms with van der Waals surface area (Å²) in [5, 5.41) is 5.87. The number of carbonyl (C=O) groups is 1. The van der Waals surface area contributed by atoms with Gasteiger partial charge in [-0.15, -0.1) is 0 Å². The Morgan fingerprint density at radius 3 is 2.86 bits per heavy atom. The van der Waals surface area contributed by atoms with E-state index in [9.17, 15) is 9.18 Å². The van der Waals surface area contributed by atoms with Crippen LogP contribution in [0.15, 0.2) is 24.7 Å². The van der Waals surface area contributed by atoms with Crippen molar-refractivity contribution in [2.75, 3.05) is 37.0 Å². The van der Waals surface area contributed by atoms with Crippen molar-refractivity contribution in [3.8, 4) is 5.88 Å². The summed E-state index contributed by atoms with van der Waals surface area (Å²) in [5.74, 6) is -0.294. The standard InChI is InChI=1S/C19H22FN7O2/c1-4-29-18-14(6-22-19(25-18)27-9-13(10-27)21-3)17(28)24-12-5-15(20)16-23-11(2)7-26(16)8-12/h5-8,13,21H,4,9-10H2,1-3H3,(H,24,28). The van der Waals surface area contributed by atoms with Gasteiger partial charge in [-0.3, -0.25) is 4.79 Å². The predicted octanol–water partition coefficient (Wildman–Crippen LogP) is 1.63. The lowest BCUT2D eigenvalue weighted by molar-refractivity contribution is 0.102. The van der Waals surface area contributed by atoms with Gasteiger partial charge in [0.05, 0.1) is 18.0 Å². The Morgan fingerprint density at radius 1 is 1.34 bits per heavy atom. The SMILES string of the molecule is CCOc1nc(N2CC(NC)C2)ncc1C(=O)Nc1cc(F)c2nc(C)cn2c1. The molecule has 0 unspecified atom stereocenters. The van der Waals surface area contributed by atoms with Gasteiger partial charge in [-0.2, -0.15) is 4.98 Å². The molecule has 1 fully saturated rings. The molecule has 0 aliphatic carbocycles. The number of aryl methyl sites for hydroxylation is 1. The fraction of sp³-hybridized carbons (Fsp3) is 0.368. The van der Waals surface area contributed by atoms with Crippen molar-refractivity contribution in [2.45, 2.75) is 19.9 Å². The second kappa shape index (κ2) is 7.63. The van der Waals surface area contributed by atoms with Crippen LogP contribution in [0.3, 0.4) is 0 Å². The molecule has 1 aliphatic rings. The lowest BCUT2D eigenvalue weighted by Gasteiger charge is -2.39. The molecule has 9 nitrogen and oxygen atoms in total. The highest BCUT2D eigenvalue weighted by atomic mass is 19.1. The molecule has 1 saturated heterocycles. The molecule has 1 amide bonds. The molecule has 0 atom stereocenters. The fourth-order valence-electron chi connectivity index (χ4n) is 3.18. The van der Waals surface area contributed by atoms with Gasteiger partial charge >= 0.3 is 0 Å². The molecule has 152 valence electrons. The number of amides is 1. The number of ether oxygens (including phenoxy) is 1. The summed E-state index contributed by atoms with van der Waals surface area (Å²) in [6.45, 7) is 5.52. The first-order chi connectivity index (χ1) is 14.0. The quantitative estimate of drug-likeness (QED) is 0.650. The van der Waals surface area contributed by atoms with Crippen LogP contribution in [0, 0.1) is 12.7 Å². The molecule has 0 spiro atoms. The van der Waals surface area contributed by atoms with Crippen molar-refractivity contribution in [3.63, 3.8) is 0 Å². The second-order valence-corrected chi connectivity index (χ2v) is 6.86. The third kappa shape index (κ3) is 3.70. The van der Waals surface area contributed by atoms with E-state index in [0.29, 0.717) is 30.0 Å². The maximum Gasteiger partial charge on any atom is 0.262 e. The number of pyridine rings is 1. The number of hydrogen-bond donors (Lipinski definition) is 2. The molecule has 1 aliphatic heterocycles. The van der Waals surface area contributed by atoms with Gasteiger partial charge in [-0.1, -0.05) is 0 Å². The summed E-state index contributed by atoms with van der Waals surface area (Å²) in [4.78, 5) is 27.6. The van der Waals surface area contributed by atoms with Crippen LogP contribution < -0.4 is 20.3 Å². The van der Waals surface area contributed by atoms with Crippen molar-refractivity contribution >= 4 is 23.2 Å². The van der Waals surface area contributed by atoms with E-state index in [0.717, 1.165) is 13.1 Å². The van der Waals surface area contributed by atoms with Crippen LogP contribution in [-0.2, 0) is 0 Å². The molecule has 4 rings (SSSR count). The van der Waals surface area contributed by atoms with Gasteiger partial charge in [0.25, 0.3) is 5.91 Å². The van der Waals surface area contributed by atoms with Crippen molar-refractivity contribution in [2.24, 2.45) is 0 Å². The highest BCUT2D eigenvalue weighted by Crippen LogP contribution is 2.24. The number of hydrogen-bond acceptors (Lipinski definition) is 7. The third-order valence-corrected chi connectivity index (χ3v) is 4.72. The van der Waals surface area contributed by atoms with Crippen LogP contribution in [0.25, 0.3) is 5.65 Å². The predicted molar refractivity (Wildman–Crippen MR) is 106 cm³/mol. The van der Waals surface area contributed by atoms with Gasteiger partial charge in [-0.05, 0) is 20.9 Å². The molecule has 3 aromatic rings. The number of carbonyl (C=O) groups excluding carboxylic acids is 1. The largest absolute Gasteiger partial charge is 0.477 e. The zero-order valence-electron chi connectivity index (χ0n) is 16.4. The minimum atomic E-state index is -0.524. The fourth-order valence-corrected chi connectivity index (χ4v) is 3.18. The van der Waals surface area contributed by atoms with Crippen LogP contribution >= 0.6 is 0 Å². The molecular formula is C19H22FN7O2. The molecule has 4 heterocycles. The first-order valence-electron chi connectivity index (χ1n) is 9.36. The summed E-state index contributed by atoms with van der Waals surface area (Å²) < 4.78 is 21.4. The average Bonchev–Trinajstić information content (AvgIpc) is 3.02. The number of imidazole rings is 1. The number of rotatable bonds is 6. The zero-order chi connectivity index (χ0) is 20.5. The molecule has 10 heteroatoms. The minimum Gasteiger partial charge on any atom is -0.477 e. The van der Waals surface area contributed by atoms with Crippen molar-refractivity contribution in [1.29, 1.82) is 0 Å². The normalized spacial score (nSPS) is 14.1. The monoisotopic (exact) mass is 399 g/mol. The molecule has 3 aromatic heterocycles. The molecule has 29 heavy (non-hydrogen) atoms. The minimum absolute atomic E-state index is 0.184. The first kappa shape index (κ1) is 19.1. The van der Waals surface area contributed by atoms with Crippen LogP contribution in [-0.4, -0.2) is 58.0 Å². The summed E-state index contributed by atoms with van der Waals surface area (Å²) in [6, 6.07) is 1.63. The Labute approximate surface area is 166 Å². The van der Waals surface area contributed by atoms with Crippen molar-refractivity contribution in [1.82, 2.24) is 24.7 Å². The first-order valence-corrected chi connectivity index (χ1v) is 9.36. The molecule has 0 bridgehead atoms. The lowest BCUT2D eigenvalue weighted by atomic mass is 10.1. The summed E-state index contributed by atoms with van der Waals surface area (Å²) in [6.07, 6.45) is 4.72. The Hall–Kier alpha value is -3.27. The van der Waals surface area contributed by atoms with Crippen molar-refractivity contribution < 1.29 is 13.9 Å². The summed E-state index contributed by atoms with van der Waals surface area (Å²) in [7, 11) is 1.91. The van der Waals surface area contributed by atoms with Crippen LogP contribution in [0.1, 0.15) is 23.0 Å². The Bertz CT molecular complexity index is 1060. The average molecular weight is 399 g/mol. The third-order valence-electron chi connectivity index (χ3n) is 4.72. The van der Waals surface area contributed by atoms with Crippen LogP contribution in [0.2, 0.25) is 0 Å². The second-order valence-electron chi connectivity index (χ2n) is 6.86. The van der Waals surface area contributed by atoms with E-state index < -0.39 is 11.7 Å². The highest BCUT2D eigenvalue weighted by Gasteiger charge is 2.28. The van der Waals surface area contributed by atoms with E-state index in [2.05, 4.69) is 25.6 Å². The molecule has 0 saturated carbocycles. The Kier molecular flexibility index (Phi) is 5.01. The van der Waals surface area contributed by atoms with Crippen LogP contribution in [0.5, 0.6) is 5.88 Å².